The molecule has 0 aromatic heterocycles. The third-order valence-corrected chi connectivity index (χ3v) is 4.33. The Morgan fingerprint density at radius 3 is 2.38 bits per heavy atom. The van der Waals surface area contributed by atoms with E-state index in [4.69, 9.17) is 0 Å². The zero-order valence-electron chi connectivity index (χ0n) is 14.5. The van der Waals surface area contributed by atoms with Crippen molar-refractivity contribution in [3.63, 3.8) is 0 Å². The zero-order chi connectivity index (χ0) is 16.7. The largest absolute Gasteiger partial charge is 0.338 e. The van der Waals surface area contributed by atoms with Crippen LogP contribution in [0, 0.1) is 0 Å². The highest BCUT2D eigenvalue weighted by molar-refractivity contribution is 5.94. The zero-order valence-corrected chi connectivity index (χ0v) is 15.3. The van der Waals surface area contributed by atoms with Gasteiger partial charge in [-0.05, 0) is 38.4 Å². The maximum absolute atomic E-state index is 12.5. The molecule has 1 fully saturated rings. The number of piperidine rings is 1. The minimum atomic E-state index is 0. The third kappa shape index (κ3) is 5.21. The van der Waals surface area contributed by atoms with E-state index < -0.39 is 0 Å². The Labute approximate surface area is 150 Å². The molecule has 1 N–H and O–H groups in total. The summed E-state index contributed by atoms with van der Waals surface area (Å²) < 4.78 is 0. The second-order valence-electron chi connectivity index (χ2n) is 6.01. The van der Waals surface area contributed by atoms with Crippen molar-refractivity contribution >= 4 is 24.2 Å². The fourth-order valence-electron chi connectivity index (χ4n) is 3.15. The lowest BCUT2D eigenvalue weighted by Gasteiger charge is -2.38. The Bertz CT molecular complexity index is 516. The lowest BCUT2D eigenvalue weighted by atomic mass is 10.0. The average molecular weight is 354 g/mol. The van der Waals surface area contributed by atoms with Gasteiger partial charge in [0.2, 0.25) is 5.91 Å². The number of rotatable bonds is 6. The number of hydrogen-bond acceptors (Lipinski definition) is 3. The first-order valence-electron chi connectivity index (χ1n) is 8.45. The van der Waals surface area contributed by atoms with E-state index in [1.54, 1.807) is 7.05 Å². The van der Waals surface area contributed by atoms with E-state index in [2.05, 4.69) is 12.2 Å². The fraction of sp³-hybridized carbons (Fsp3) is 0.556. The van der Waals surface area contributed by atoms with Crippen LogP contribution in [0.2, 0.25) is 0 Å². The Morgan fingerprint density at radius 1 is 1.21 bits per heavy atom. The summed E-state index contributed by atoms with van der Waals surface area (Å²) in [6.07, 6.45) is 2.67. The number of hydrogen-bond donors (Lipinski definition) is 1. The molecule has 1 aromatic carbocycles. The smallest absolute Gasteiger partial charge is 0.253 e. The van der Waals surface area contributed by atoms with Gasteiger partial charge in [-0.1, -0.05) is 25.1 Å². The normalized spacial score (nSPS) is 14.8. The Kier molecular flexibility index (Phi) is 8.79. The van der Waals surface area contributed by atoms with Crippen LogP contribution >= 0.6 is 12.4 Å². The molecule has 0 saturated carbocycles. The molecule has 1 heterocycles. The molecular formula is C18H28ClN3O2. The number of amides is 2. The van der Waals surface area contributed by atoms with Gasteiger partial charge in [0.15, 0.2) is 0 Å². The number of nitrogens with zero attached hydrogens (tertiary/aromatic N) is 2. The molecule has 0 atom stereocenters. The first-order chi connectivity index (χ1) is 11.2. The summed E-state index contributed by atoms with van der Waals surface area (Å²) in [5.41, 5.74) is 0.739. The summed E-state index contributed by atoms with van der Waals surface area (Å²) in [5, 5.41) is 2.94. The predicted molar refractivity (Wildman–Crippen MR) is 98.5 cm³/mol. The van der Waals surface area contributed by atoms with E-state index in [0.29, 0.717) is 19.6 Å². The van der Waals surface area contributed by atoms with E-state index in [0.717, 1.165) is 31.4 Å². The highest BCUT2D eigenvalue weighted by atomic mass is 35.5. The maximum Gasteiger partial charge on any atom is 0.253 e. The Hall–Kier alpha value is -1.59. The van der Waals surface area contributed by atoms with E-state index in [9.17, 15) is 9.59 Å². The van der Waals surface area contributed by atoms with Crippen molar-refractivity contribution < 1.29 is 9.59 Å². The second-order valence-corrected chi connectivity index (χ2v) is 6.01. The van der Waals surface area contributed by atoms with Gasteiger partial charge < -0.3 is 15.1 Å². The first-order valence-corrected chi connectivity index (χ1v) is 8.45. The van der Waals surface area contributed by atoms with Gasteiger partial charge in [-0.2, -0.15) is 0 Å². The minimum absolute atomic E-state index is 0. The van der Waals surface area contributed by atoms with Crippen LogP contribution in [0.3, 0.4) is 0 Å². The number of carbonyl (C=O) groups excluding carboxylic acids is 2. The van der Waals surface area contributed by atoms with Gasteiger partial charge in [-0.3, -0.25) is 9.59 Å². The number of nitrogens with one attached hydrogen (secondary N) is 1. The van der Waals surface area contributed by atoms with E-state index in [1.807, 2.05) is 40.1 Å². The van der Waals surface area contributed by atoms with Gasteiger partial charge in [0.05, 0.1) is 6.54 Å². The molecule has 6 heteroatoms. The van der Waals surface area contributed by atoms with Crippen LogP contribution in [0.15, 0.2) is 30.3 Å². The molecule has 1 aliphatic rings. The van der Waals surface area contributed by atoms with Gasteiger partial charge in [0, 0.05) is 31.2 Å². The van der Waals surface area contributed by atoms with Gasteiger partial charge in [0.1, 0.15) is 0 Å². The lowest BCUT2D eigenvalue weighted by Crippen LogP contribution is -2.50. The first kappa shape index (κ1) is 20.5. The van der Waals surface area contributed by atoms with Gasteiger partial charge in [0.25, 0.3) is 5.91 Å². The molecule has 1 saturated heterocycles. The van der Waals surface area contributed by atoms with Crippen molar-refractivity contribution in [1.82, 2.24) is 15.1 Å². The van der Waals surface area contributed by atoms with E-state index in [-0.39, 0.29) is 30.3 Å². The highest BCUT2D eigenvalue weighted by Crippen LogP contribution is 2.19. The van der Waals surface area contributed by atoms with Gasteiger partial charge >= 0.3 is 0 Å². The molecule has 24 heavy (non-hydrogen) atoms. The lowest BCUT2D eigenvalue weighted by molar-refractivity contribution is -0.133. The molecule has 0 radical (unpaired) electrons. The summed E-state index contributed by atoms with van der Waals surface area (Å²) in [6.45, 7) is 4.69. The molecule has 134 valence electrons. The van der Waals surface area contributed by atoms with Crippen molar-refractivity contribution in [3.8, 4) is 0 Å². The molecule has 2 rings (SSSR count). The van der Waals surface area contributed by atoms with Crippen LogP contribution < -0.4 is 5.32 Å². The summed E-state index contributed by atoms with van der Waals surface area (Å²) in [7, 11) is 1.79. The quantitative estimate of drug-likeness (QED) is 0.852. The molecule has 0 bridgehead atoms. The Morgan fingerprint density at radius 2 is 1.83 bits per heavy atom. The standard InChI is InChI=1S/C18H27N3O2.ClH/c1-3-11-21(17(22)14-19-2)16-9-12-20(13-10-16)18(23)15-7-5-4-6-8-15;/h4-8,16,19H,3,9-14H2,1-2H3;1H. The van der Waals surface area contributed by atoms with Crippen LogP contribution in [-0.4, -0.2) is 60.9 Å². The van der Waals surface area contributed by atoms with Crippen molar-refractivity contribution in [2.75, 3.05) is 33.2 Å². The number of benzene rings is 1. The monoisotopic (exact) mass is 353 g/mol. The molecule has 0 spiro atoms. The molecule has 0 unspecified atom stereocenters. The van der Waals surface area contributed by atoms with Crippen LogP contribution in [-0.2, 0) is 4.79 Å². The summed E-state index contributed by atoms with van der Waals surface area (Å²) in [4.78, 5) is 28.6. The number of likely N-dealkylation sites (N-methyl/N-ethyl adjacent to an activating group) is 1. The molecule has 5 nitrogen and oxygen atoms in total. The molecular weight excluding hydrogens is 326 g/mol. The van der Waals surface area contributed by atoms with Crippen LogP contribution in [0.25, 0.3) is 0 Å². The molecule has 1 aromatic rings. The predicted octanol–water partition coefficient (Wildman–Crippen LogP) is 2.17. The van der Waals surface area contributed by atoms with E-state index >= 15 is 0 Å². The SMILES string of the molecule is CCCN(C(=O)CNC)C1CCN(C(=O)c2ccccc2)CC1.Cl. The summed E-state index contributed by atoms with van der Waals surface area (Å²) in [6, 6.07) is 9.65. The molecule has 0 aliphatic carbocycles. The number of carbonyl (C=O) groups is 2. The van der Waals surface area contributed by atoms with Crippen molar-refractivity contribution in [2.45, 2.75) is 32.2 Å². The second kappa shape index (κ2) is 10.3. The number of likely N-dealkylation sites (tertiary alicyclic amines) is 1. The van der Waals surface area contributed by atoms with Crippen LogP contribution in [0.5, 0.6) is 0 Å². The van der Waals surface area contributed by atoms with Gasteiger partial charge in [-0.25, -0.2) is 0 Å². The molecule has 1 aliphatic heterocycles. The van der Waals surface area contributed by atoms with Crippen molar-refractivity contribution in [3.05, 3.63) is 35.9 Å². The van der Waals surface area contributed by atoms with Crippen molar-refractivity contribution in [2.24, 2.45) is 0 Å². The van der Waals surface area contributed by atoms with Crippen molar-refractivity contribution in [1.29, 1.82) is 0 Å². The number of halogens is 1. The summed E-state index contributed by atoms with van der Waals surface area (Å²) >= 11 is 0. The summed E-state index contributed by atoms with van der Waals surface area (Å²) in [5.74, 6) is 0.245. The topological polar surface area (TPSA) is 52.7 Å². The fourth-order valence-corrected chi connectivity index (χ4v) is 3.15. The Balaban J connectivity index is 0.00000288. The highest BCUT2D eigenvalue weighted by Gasteiger charge is 2.29. The van der Waals surface area contributed by atoms with Crippen LogP contribution in [0.4, 0.5) is 0 Å². The maximum atomic E-state index is 12.5. The van der Waals surface area contributed by atoms with E-state index in [1.165, 1.54) is 0 Å². The minimum Gasteiger partial charge on any atom is -0.338 e. The molecule has 2 amide bonds. The van der Waals surface area contributed by atoms with Crippen LogP contribution in [0.1, 0.15) is 36.5 Å². The average Bonchev–Trinajstić information content (AvgIpc) is 2.60. The third-order valence-electron chi connectivity index (χ3n) is 4.33. The van der Waals surface area contributed by atoms with Gasteiger partial charge in [-0.15, -0.1) is 12.4 Å².